The summed E-state index contributed by atoms with van der Waals surface area (Å²) in [6, 6.07) is 21.4. The van der Waals surface area contributed by atoms with Gasteiger partial charge in [0.25, 0.3) is 5.78 Å². The quantitative estimate of drug-likeness (QED) is 0.281. The van der Waals surface area contributed by atoms with E-state index in [1.807, 2.05) is 74.5 Å². The van der Waals surface area contributed by atoms with Crippen molar-refractivity contribution in [1.29, 1.82) is 0 Å². The van der Waals surface area contributed by atoms with Crippen LogP contribution in [0.25, 0.3) is 16.8 Å². The van der Waals surface area contributed by atoms with Gasteiger partial charge in [0, 0.05) is 5.56 Å². The number of nitrogens with one attached hydrogen (secondary N) is 1. The molecule has 2 heterocycles. The zero-order valence-corrected chi connectivity index (χ0v) is 17.7. The van der Waals surface area contributed by atoms with Gasteiger partial charge in [-0.2, -0.15) is 0 Å². The van der Waals surface area contributed by atoms with Gasteiger partial charge in [0.15, 0.2) is 0 Å². The van der Waals surface area contributed by atoms with Crippen molar-refractivity contribution in [2.75, 3.05) is 4.90 Å². The Morgan fingerprint density at radius 3 is 2.19 bits per heavy atom. The molecule has 0 spiro atoms. The number of hydrogen-bond donors (Lipinski definition) is 2. The molecule has 6 nitrogen and oxygen atoms in total. The third-order valence-corrected chi connectivity index (χ3v) is 5.77. The Bertz CT molecular complexity index is 1350. The second-order valence-corrected chi connectivity index (χ2v) is 8.02. The fraction of sp³-hybridized carbons (Fsp3) is 0.115. The number of nitrogens with zero attached hydrogens (tertiary/aromatic N) is 2. The van der Waals surface area contributed by atoms with Crippen LogP contribution in [0.5, 0.6) is 0 Å². The first-order chi connectivity index (χ1) is 15.4. The number of ketones is 1. The van der Waals surface area contributed by atoms with Gasteiger partial charge in [0.1, 0.15) is 5.76 Å². The number of fused-ring (bicyclic) bond motifs is 1. The van der Waals surface area contributed by atoms with Gasteiger partial charge < -0.3 is 10.1 Å². The van der Waals surface area contributed by atoms with Gasteiger partial charge in [-0.25, -0.2) is 4.98 Å². The molecule has 1 aliphatic heterocycles. The van der Waals surface area contributed by atoms with E-state index >= 15 is 0 Å². The van der Waals surface area contributed by atoms with Crippen LogP contribution in [0.2, 0.25) is 0 Å². The average Bonchev–Trinajstić information content (AvgIpc) is 3.33. The smallest absolute Gasteiger partial charge is 0.302 e. The number of aromatic amines is 1. The second-order valence-electron chi connectivity index (χ2n) is 8.02. The number of aliphatic hydroxyl groups is 1. The Morgan fingerprint density at radius 1 is 0.906 bits per heavy atom. The summed E-state index contributed by atoms with van der Waals surface area (Å²) in [5.74, 6) is -1.41. The molecule has 32 heavy (non-hydrogen) atoms. The Morgan fingerprint density at radius 2 is 1.53 bits per heavy atom. The minimum atomic E-state index is -0.808. The number of aromatic nitrogens is 2. The molecule has 158 valence electrons. The van der Waals surface area contributed by atoms with Gasteiger partial charge >= 0.3 is 5.91 Å². The topological polar surface area (TPSA) is 86.3 Å². The zero-order chi connectivity index (χ0) is 22.4. The lowest BCUT2D eigenvalue weighted by molar-refractivity contribution is -0.132. The molecule has 1 atom stereocenters. The third kappa shape index (κ3) is 3.17. The van der Waals surface area contributed by atoms with Crippen molar-refractivity contribution in [3.8, 4) is 0 Å². The molecule has 2 N–H and O–H groups in total. The molecule has 1 fully saturated rings. The minimum absolute atomic E-state index is 0.0446. The van der Waals surface area contributed by atoms with Crippen molar-refractivity contribution >= 4 is 34.4 Å². The lowest BCUT2D eigenvalue weighted by Gasteiger charge is -2.23. The SMILES string of the molecule is Cc1ccc(C(O)=C2C(=O)C(=O)N(c3nc4ccccc4[nH]3)[C@@H]2c2ccc(C)cc2)cc1. The van der Waals surface area contributed by atoms with Gasteiger partial charge in [-0.3, -0.25) is 14.5 Å². The van der Waals surface area contributed by atoms with Gasteiger partial charge in [-0.05, 0) is 31.5 Å². The highest BCUT2D eigenvalue weighted by molar-refractivity contribution is 6.51. The first kappa shape index (κ1) is 19.8. The monoisotopic (exact) mass is 423 g/mol. The number of rotatable bonds is 3. The van der Waals surface area contributed by atoms with Crippen LogP contribution in [0, 0.1) is 13.8 Å². The van der Waals surface area contributed by atoms with Crippen molar-refractivity contribution in [2.45, 2.75) is 19.9 Å². The number of carbonyl (C=O) groups is 2. The fourth-order valence-corrected chi connectivity index (χ4v) is 4.04. The van der Waals surface area contributed by atoms with Gasteiger partial charge in [0.05, 0.1) is 22.6 Å². The van der Waals surface area contributed by atoms with Crippen LogP contribution in [0.1, 0.15) is 28.3 Å². The van der Waals surface area contributed by atoms with E-state index in [1.165, 1.54) is 4.90 Å². The molecule has 4 aromatic rings. The molecule has 1 aliphatic rings. The molecule has 1 saturated heterocycles. The Kier molecular flexibility index (Phi) is 4.63. The van der Waals surface area contributed by atoms with E-state index in [2.05, 4.69) is 9.97 Å². The Balaban J connectivity index is 1.73. The molecule has 0 unspecified atom stereocenters. The third-order valence-electron chi connectivity index (χ3n) is 5.77. The highest BCUT2D eigenvalue weighted by atomic mass is 16.3. The van der Waals surface area contributed by atoms with Crippen LogP contribution in [-0.2, 0) is 9.59 Å². The number of aryl methyl sites for hydroxylation is 2. The number of amides is 1. The number of anilines is 1. The number of imidazole rings is 1. The van der Waals surface area contributed by atoms with Crippen molar-refractivity contribution < 1.29 is 14.7 Å². The van der Waals surface area contributed by atoms with Crippen LogP contribution in [-0.4, -0.2) is 26.8 Å². The Labute approximate surface area is 184 Å². The predicted molar refractivity (Wildman–Crippen MR) is 123 cm³/mol. The van der Waals surface area contributed by atoms with E-state index in [1.54, 1.807) is 12.1 Å². The minimum Gasteiger partial charge on any atom is -0.507 e. The van der Waals surface area contributed by atoms with Crippen LogP contribution >= 0.6 is 0 Å². The molecule has 1 amide bonds. The van der Waals surface area contributed by atoms with E-state index in [9.17, 15) is 14.7 Å². The summed E-state index contributed by atoms with van der Waals surface area (Å²) < 4.78 is 0. The summed E-state index contributed by atoms with van der Waals surface area (Å²) in [5, 5.41) is 11.1. The standard InChI is InChI=1S/C26H21N3O3/c1-15-7-11-17(12-8-15)22-21(23(30)18-13-9-16(2)10-14-18)24(31)25(32)29(22)26-27-19-5-3-4-6-20(19)28-26/h3-14,22,30H,1-2H3,(H,27,28)/t22-/m1/s1. The predicted octanol–water partition coefficient (Wildman–Crippen LogP) is 4.81. The maximum atomic E-state index is 13.2. The number of aliphatic hydroxyl groups excluding tert-OH is 1. The summed E-state index contributed by atoms with van der Waals surface area (Å²) >= 11 is 0. The molecule has 1 aromatic heterocycles. The largest absolute Gasteiger partial charge is 0.507 e. The summed E-state index contributed by atoms with van der Waals surface area (Å²) in [4.78, 5) is 35.4. The molecule has 0 saturated carbocycles. The number of H-pyrrole nitrogens is 1. The highest BCUT2D eigenvalue weighted by Crippen LogP contribution is 2.41. The van der Waals surface area contributed by atoms with Crippen LogP contribution in [0.15, 0.2) is 78.4 Å². The lowest BCUT2D eigenvalue weighted by atomic mass is 9.94. The number of para-hydroxylation sites is 2. The molecule has 6 heteroatoms. The first-order valence-corrected chi connectivity index (χ1v) is 10.3. The van der Waals surface area contributed by atoms with Gasteiger partial charge in [-0.1, -0.05) is 71.8 Å². The normalized spacial score (nSPS) is 17.9. The van der Waals surface area contributed by atoms with Crippen LogP contribution in [0.3, 0.4) is 0 Å². The van der Waals surface area contributed by atoms with Gasteiger partial charge in [0.2, 0.25) is 5.95 Å². The molecular formula is C26H21N3O3. The van der Waals surface area contributed by atoms with Crippen molar-refractivity contribution in [1.82, 2.24) is 9.97 Å². The summed E-state index contributed by atoms with van der Waals surface area (Å²) in [7, 11) is 0. The zero-order valence-electron chi connectivity index (χ0n) is 17.7. The summed E-state index contributed by atoms with van der Waals surface area (Å²) in [6.07, 6.45) is 0. The molecule has 0 aliphatic carbocycles. The maximum absolute atomic E-state index is 13.2. The summed E-state index contributed by atoms with van der Waals surface area (Å²) in [5.41, 5.74) is 4.76. The molecule has 0 bridgehead atoms. The molecular weight excluding hydrogens is 402 g/mol. The van der Waals surface area contributed by atoms with E-state index < -0.39 is 17.7 Å². The second kappa shape index (κ2) is 7.50. The number of carbonyl (C=O) groups excluding carboxylic acids is 2. The van der Waals surface area contributed by atoms with E-state index in [4.69, 9.17) is 0 Å². The first-order valence-electron chi connectivity index (χ1n) is 10.3. The maximum Gasteiger partial charge on any atom is 0.302 e. The van der Waals surface area contributed by atoms with Crippen molar-refractivity contribution in [3.05, 3.63) is 101 Å². The molecule has 5 rings (SSSR count). The summed E-state index contributed by atoms with van der Waals surface area (Å²) in [6.45, 7) is 3.91. The van der Waals surface area contributed by atoms with Crippen molar-refractivity contribution in [2.24, 2.45) is 0 Å². The Hall–Kier alpha value is -4.19. The van der Waals surface area contributed by atoms with E-state index in [0.717, 1.165) is 16.6 Å². The number of benzene rings is 3. The van der Waals surface area contributed by atoms with E-state index in [-0.39, 0.29) is 17.3 Å². The van der Waals surface area contributed by atoms with Crippen LogP contribution in [0.4, 0.5) is 5.95 Å². The van der Waals surface area contributed by atoms with Gasteiger partial charge in [-0.15, -0.1) is 0 Å². The fourth-order valence-electron chi connectivity index (χ4n) is 4.04. The molecule has 3 aromatic carbocycles. The van der Waals surface area contributed by atoms with Crippen molar-refractivity contribution in [3.63, 3.8) is 0 Å². The average molecular weight is 423 g/mol. The number of hydrogen-bond acceptors (Lipinski definition) is 4. The highest BCUT2D eigenvalue weighted by Gasteiger charge is 2.48. The lowest BCUT2D eigenvalue weighted by Crippen LogP contribution is -2.30. The van der Waals surface area contributed by atoms with Crippen LogP contribution < -0.4 is 4.90 Å². The molecule has 0 radical (unpaired) electrons. The van der Waals surface area contributed by atoms with E-state index in [0.29, 0.717) is 16.6 Å². The number of Topliss-reactive ketones (excluding diaryl/α,β-unsaturated/α-hetero) is 1.